The Morgan fingerprint density at radius 3 is 2.00 bits per heavy atom. The molecule has 7 heavy (non-hydrogen) atoms. The lowest BCUT2D eigenvalue weighted by Gasteiger charge is -1.97. The molecule has 0 aliphatic carbocycles. The van der Waals surface area contributed by atoms with E-state index < -0.39 is 17.7 Å². The predicted molar refractivity (Wildman–Crippen MR) is 17.9 cm³/mol. The maximum absolute atomic E-state index is 9.45. The third-order valence-corrected chi connectivity index (χ3v) is 0.277. The lowest BCUT2D eigenvalue weighted by atomic mass is 10.7. The summed E-state index contributed by atoms with van der Waals surface area (Å²) in [5.74, 6) is -1.29. The highest BCUT2D eigenvalue weighted by atomic mass is 16.8. The van der Waals surface area contributed by atoms with Gasteiger partial charge in [-0.1, -0.05) is 5.23 Å². The third-order valence-electron chi connectivity index (χ3n) is 0.277. The minimum absolute atomic E-state index is 0.400. The maximum atomic E-state index is 9.45. The van der Waals surface area contributed by atoms with E-state index >= 15 is 0 Å². The maximum Gasteiger partial charge on any atom is 0.322 e. The van der Waals surface area contributed by atoms with Crippen molar-refractivity contribution in [2.75, 3.05) is 6.54 Å². The van der Waals surface area contributed by atoms with Gasteiger partial charge in [-0.05, 0) is 0 Å². The van der Waals surface area contributed by atoms with Crippen molar-refractivity contribution in [1.29, 1.82) is 0 Å². The van der Waals surface area contributed by atoms with E-state index in [9.17, 15) is 4.79 Å². The van der Waals surface area contributed by atoms with Crippen molar-refractivity contribution < 1.29 is 20.3 Å². The highest BCUT2D eigenvalue weighted by Gasteiger charge is 1.98. The van der Waals surface area contributed by atoms with E-state index in [1.807, 2.05) is 0 Å². The van der Waals surface area contributed by atoms with Crippen LogP contribution >= 0.6 is 0 Å². The molecule has 5 heteroatoms. The van der Waals surface area contributed by atoms with Crippen LogP contribution in [0.25, 0.3) is 0 Å². The van der Waals surface area contributed by atoms with Crippen LogP contribution in [0.1, 0.15) is 0 Å². The summed E-state index contributed by atoms with van der Waals surface area (Å²) in [6, 6.07) is 0. The second kappa shape index (κ2) is 2.51. The zero-order valence-corrected chi connectivity index (χ0v) is 3.40. The van der Waals surface area contributed by atoms with Gasteiger partial charge in [-0.15, -0.1) is 0 Å². The summed E-state index contributed by atoms with van der Waals surface area (Å²) in [6.45, 7) is -0.778. The van der Waals surface area contributed by atoms with Crippen LogP contribution in [0.4, 0.5) is 0 Å². The first-order chi connectivity index (χ1) is 3.13. The number of nitrogens with zero attached hydrogens (tertiary/aromatic N) is 1. The molecule has 3 N–H and O–H groups in total. The van der Waals surface area contributed by atoms with E-state index in [0.717, 1.165) is 0 Å². The van der Waals surface area contributed by atoms with E-state index in [-0.39, 0.29) is 0 Å². The van der Waals surface area contributed by atoms with Gasteiger partial charge in [0.15, 0.2) is 0 Å². The molecule has 42 valence electrons. The molecule has 0 aliphatic heterocycles. The van der Waals surface area contributed by atoms with Gasteiger partial charge in [-0.25, -0.2) is 0 Å². The smallest absolute Gasteiger partial charge is 0.322 e. The fourth-order valence-corrected chi connectivity index (χ4v) is 0.121. The van der Waals surface area contributed by atoms with Crippen LogP contribution in [0.2, 0.25) is 0 Å². The quantitative estimate of drug-likeness (QED) is 0.400. The topological polar surface area (TPSA) is 81.0 Å². The first kappa shape index (κ1) is 6.35. The summed E-state index contributed by atoms with van der Waals surface area (Å²) in [6.07, 6.45) is 0. The Hall–Kier alpha value is -0.650. The summed E-state index contributed by atoms with van der Waals surface area (Å²) < 4.78 is 0. The molecule has 0 rings (SSSR count). The van der Waals surface area contributed by atoms with Crippen LogP contribution in [-0.4, -0.2) is 33.3 Å². The Bertz CT molecular complexity index is 70.1. The lowest BCUT2D eigenvalue weighted by Crippen LogP contribution is -2.22. The Morgan fingerprint density at radius 2 is 2.00 bits per heavy atom. The van der Waals surface area contributed by atoms with Gasteiger partial charge in [0.1, 0.15) is 6.54 Å². The van der Waals surface area contributed by atoms with Crippen LogP contribution in [0, 0.1) is 0 Å². The van der Waals surface area contributed by atoms with Crippen molar-refractivity contribution in [3.8, 4) is 0 Å². The molecule has 0 aliphatic rings. The fraction of sp³-hybridized carbons (Fsp3) is 0.500. The Balaban J connectivity index is 3.13. The second-order valence-electron chi connectivity index (χ2n) is 0.924. The molecule has 0 unspecified atom stereocenters. The number of carboxylic acids is 1. The average molecular weight is 107 g/mol. The summed E-state index contributed by atoms with van der Waals surface area (Å²) in [4.78, 5) is 9.45. The Labute approximate surface area is 39.3 Å². The van der Waals surface area contributed by atoms with Crippen molar-refractivity contribution in [2.45, 2.75) is 0 Å². The van der Waals surface area contributed by atoms with Gasteiger partial charge in [0, 0.05) is 0 Å². The fourth-order valence-electron chi connectivity index (χ4n) is 0.121. The Morgan fingerprint density at radius 1 is 1.57 bits per heavy atom. The minimum atomic E-state index is -1.29. The average Bonchev–Trinajstić information content (AvgIpc) is 1.27. The zero-order valence-electron chi connectivity index (χ0n) is 3.40. The molecule has 0 bridgehead atoms. The van der Waals surface area contributed by atoms with Gasteiger partial charge in [-0.3, -0.25) is 15.2 Å². The SMILES string of the molecule is O=C(O)CN(O)O. The summed E-state index contributed by atoms with van der Waals surface area (Å²) >= 11 is 0. The van der Waals surface area contributed by atoms with Gasteiger partial charge in [0.05, 0.1) is 0 Å². The number of carbonyl (C=O) groups is 1. The van der Waals surface area contributed by atoms with Crippen LogP contribution in [0.15, 0.2) is 0 Å². The molecule has 0 fully saturated rings. The standard InChI is InChI=1S/C2H5NO4/c4-2(5)1-3(6)7/h6-7H,1H2,(H,4,5). The molecule has 5 nitrogen and oxygen atoms in total. The molecule has 0 heterocycles. The molecule has 0 aromatic rings. The zero-order chi connectivity index (χ0) is 5.86. The summed E-state index contributed by atoms with van der Waals surface area (Å²) in [7, 11) is 0. The Kier molecular flexibility index (Phi) is 2.28. The number of hydrogen-bond donors (Lipinski definition) is 3. The number of carboxylic acid groups (broad SMARTS) is 1. The molecule has 0 spiro atoms. The second-order valence-corrected chi connectivity index (χ2v) is 0.924. The van der Waals surface area contributed by atoms with Gasteiger partial charge in [-0.2, -0.15) is 0 Å². The van der Waals surface area contributed by atoms with Gasteiger partial charge in [0.2, 0.25) is 0 Å². The third kappa shape index (κ3) is 5.35. The first-order valence-corrected chi connectivity index (χ1v) is 1.50. The van der Waals surface area contributed by atoms with E-state index in [1.54, 1.807) is 0 Å². The van der Waals surface area contributed by atoms with Gasteiger partial charge < -0.3 is 5.11 Å². The molecular weight excluding hydrogens is 102 g/mol. The molecular formula is C2H5NO4. The van der Waals surface area contributed by atoms with E-state index in [4.69, 9.17) is 15.5 Å². The summed E-state index contributed by atoms with van der Waals surface area (Å²) in [5.41, 5.74) is 0. The van der Waals surface area contributed by atoms with E-state index in [1.165, 1.54) is 0 Å². The highest BCUT2D eigenvalue weighted by Crippen LogP contribution is 1.68. The normalized spacial score (nSPS) is 9.57. The molecule has 0 saturated heterocycles. The van der Waals surface area contributed by atoms with Crippen molar-refractivity contribution in [3.05, 3.63) is 0 Å². The number of aliphatic carboxylic acids is 1. The first-order valence-electron chi connectivity index (χ1n) is 1.50. The van der Waals surface area contributed by atoms with Gasteiger partial charge >= 0.3 is 5.97 Å². The van der Waals surface area contributed by atoms with Crippen LogP contribution in [0.3, 0.4) is 0 Å². The number of hydrogen-bond acceptors (Lipinski definition) is 4. The number of rotatable bonds is 2. The molecule has 0 radical (unpaired) electrons. The van der Waals surface area contributed by atoms with Crippen molar-refractivity contribution in [2.24, 2.45) is 0 Å². The molecule has 0 amide bonds. The minimum Gasteiger partial charge on any atom is -0.480 e. The molecule has 0 atom stereocenters. The molecule has 0 saturated carbocycles. The van der Waals surface area contributed by atoms with Crippen molar-refractivity contribution in [1.82, 2.24) is 5.23 Å². The molecule has 0 aromatic heterocycles. The monoisotopic (exact) mass is 107 g/mol. The van der Waals surface area contributed by atoms with E-state index in [0.29, 0.717) is 0 Å². The van der Waals surface area contributed by atoms with Crippen LogP contribution < -0.4 is 0 Å². The summed E-state index contributed by atoms with van der Waals surface area (Å²) in [5, 5.41) is 22.8. The van der Waals surface area contributed by atoms with Crippen molar-refractivity contribution in [3.63, 3.8) is 0 Å². The molecule has 0 aromatic carbocycles. The van der Waals surface area contributed by atoms with Crippen LogP contribution in [0.5, 0.6) is 0 Å². The lowest BCUT2D eigenvalue weighted by molar-refractivity contribution is -0.303. The largest absolute Gasteiger partial charge is 0.480 e. The highest BCUT2D eigenvalue weighted by molar-refractivity contribution is 5.68. The van der Waals surface area contributed by atoms with Gasteiger partial charge in [0.25, 0.3) is 0 Å². The predicted octanol–water partition coefficient (Wildman–Crippen LogP) is -0.849. The van der Waals surface area contributed by atoms with E-state index in [2.05, 4.69) is 0 Å². The van der Waals surface area contributed by atoms with Crippen molar-refractivity contribution >= 4 is 5.97 Å². The number of hydroxylamine groups is 2. The van der Waals surface area contributed by atoms with Crippen LogP contribution in [-0.2, 0) is 4.79 Å².